The van der Waals surface area contributed by atoms with Crippen LogP contribution in [-0.2, 0) is 4.74 Å². The van der Waals surface area contributed by atoms with Crippen LogP contribution in [0.25, 0.3) is 11.2 Å². The van der Waals surface area contributed by atoms with Crippen molar-refractivity contribution in [3.8, 4) is 0 Å². The summed E-state index contributed by atoms with van der Waals surface area (Å²) in [6, 6.07) is 0. The summed E-state index contributed by atoms with van der Waals surface area (Å²) in [4.78, 5) is 11.3. The number of halogens is 1. The van der Waals surface area contributed by atoms with Gasteiger partial charge < -0.3 is 20.7 Å². The summed E-state index contributed by atoms with van der Waals surface area (Å²) < 4.78 is 20.2. The predicted molar refractivity (Wildman–Crippen MR) is 65.0 cm³/mol. The molecule has 0 bridgehead atoms. The molecule has 0 saturated carbocycles. The minimum atomic E-state index is -1.20. The van der Waals surface area contributed by atoms with Gasteiger partial charge in [0.25, 0.3) is 0 Å². The second-order valence-electron chi connectivity index (χ2n) is 4.68. The molecule has 3 rings (SSSR count). The zero-order chi connectivity index (χ0) is 14.4. The number of nitrogens with two attached hydrogens (primary N) is 1. The Kier molecular flexibility index (Phi) is 3.13. The molecule has 1 aliphatic heterocycles. The Labute approximate surface area is 113 Å². The predicted octanol–water partition coefficient (Wildman–Crippen LogP) is -1.15. The third-order valence-corrected chi connectivity index (χ3v) is 3.41. The Balaban J connectivity index is 2.07. The molecule has 20 heavy (non-hydrogen) atoms. The fourth-order valence-electron chi connectivity index (χ4n) is 2.36. The molecule has 1 saturated heterocycles. The zero-order valence-electron chi connectivity index (χ0n) is 10.6. The molecule has 0 spiro atoms. The topological polar surface area (TPSA) is 119 Å². The van der Waals surface area contributed by atoms with Crippen LogP contribution >= 0.6 is 0 Å². The highest BCUT2D eigenvalue weighted by atomic mass is 19.1. The molecule has 0 radical (unpaired) electrons. The largest absolute Gasteiger partial charge is 0.387 e. The van der Waals surface area contributed by atoms with Gasteiger partial charge in [0.15, 0.2) is 11.9 Å². The van der Waals surface area contributed by atoms with Crippen LogP contribution in [0.4, 0.5) is 4.39 Å². The van der Waals surface area contributed by atoms with E-state index in [2.05, 4.69) is 15.0 Å². The fraction of sp³-hybridized carbons (Fsp3) is 0.545. The number of imidazole rings is 1. The van der Waals surface area contributed by atoms with Gasteiger partial charge in [-0.3, -0.25) is 4.57 Å². The second-order valence-corrected chi connectivity index (χ2v) is 4.68. The van der Waals surface area contributed by atoms with Crippen molar-refractivity contribution in [3.05, 3.63) is 18.1 Å². The van der Waals surface area contributed by atoms with Crippen LogP contribution in [0.2, 0.25) is 0 Å². The van der Waals surface area contributed by atoms with Crippen LogP contribution in [0.5, 0.6) is 0 Å². The summed E-state index contributed by atoms with van der Waals surface area (Å²) >= 11 is 0. The number of aryl methyl sites for hydroxylation is 1. The quantitative estimate of drug-likeness (QED) is 0.595. The van der Waals surface area contributed by atoms with Crippen LogP contribution in [0.15, 0.2) is 6.33 Å². The highest BCUT2D eigenvalue weighted by Crippen LogP contribution is 2.31. The molecule has 3 heterocycles. The molecule has 0 aromatic carbocycles. The van der Waals surface area contributed by atoms with E-state index in [1.165, 1.54) is 10.9 Å². The molecule has 9 heteroatoms. The summed E-state index contributed by atoms with van der Waals surface area (Å²) in [6.07, 6.45) is -3.45. The number of aliphatic hydroxyl groups excluding tert-OH is 2. The Morgan fingerprint density at radius 3 is 2.80 bits per heavy atom. The molecule has 0 aliphatic carbocycles. The third kappa shape index (κ3) is 1.86. The summed E-state index contributed by atoms with van der Waals surface area (Å²) in [5.41, 5.74) is 6.45. The highest BCUT2D eigenvalue weighted by Gasteiger charge is 2.43. The van der Waals surface area contributed by atoms with Gasteiger partial charge >= 0.3 is 6.08 Å². The second kappa shape index (κ2) is 4.70. The lowest BCUT2D eigenvalue weighted by Crippen LogP contribution is -2.35. The Bertz CT molecular complexity index is 648. The standard InChI is InChI=1S/C11H14FN5O3/c1-4-6-9(16-11(12)15-4)17(3-14-6)10-8(19)7(18)5(2-13)20-10/h3,5,7-8,10,18-19H,2,13H2,1H3/t5-,7-,8-,10-/m1/s1. The zero-order valence-corrected chi connectivity index (χ0v) is 10.6. The van der Waals surface area contributed by atoms with Gasteiger partial charge in [-0.1, -0.05) is 0 Å². The number of nitrogens with zero attached hydrogens (tertiary/aromatic N) is 4. The molecule has 2 aromatic heterocycles. The Hall–Kier alpha value is -1.68. The van der Waals surface area contributed by atoms with Crippen molar-refractivity contribution in [2.24, 2.45) is 5.73 Å². The van der Waals surface area contributed by atoms with Crippen LogP contribution in [-0.4, -0.2) is 54.6 Å². The minimum absolute atomic E-state index is 0.0593. The van der Waals surface area contributed by atoms with E-state index in [0.29, 0.717) is 11.2 Å². The van der Waals surface area contributed by atoms with Gasteiger partial charge in [-0.05, 0) is 6.92 Å². The van der Waals surface area contributed by atoms with Crippen molar-refractivity contribution < 1.29 is 19.3 Å². The van der Waals surface area contributed by atoms with E-state index in [1.807, 2.05) is 0 Å². The van der Waals surface area contributed by atoms with E-state index >= 15 is 0 Å². The first-order valence-corrected chi connectivity index (χ1v) is 6.11. The lowest BCUT2D eigenvalue weighted by atomic mass is 10.1. The molecule has 8 nitrogen and oxygen atoms in total. The van der Waals surface area contributed by atoms with E-state index in [9.17, 15) is 14.6 Å². The van der Waals surface area contributed by atoms with Crippen molar-refractivity contribution in [2.45, 2.75) is 31.5 Å². The number of rotatable bonds is 2. The molecule has 1 fully saturated rings. The SMILES string of the molecule is Cc1nc(F)nc2c1ncn2[C@@H]1O[C@H](CN)[C@@H](O)[C@H]1O. The first kappa shape index (κ1) is 13.3. The normalized spacial score (nSPS) is 30.2. The van der Waals surface area contributed by atoms with Gasteiger partial charge in [-0.25, -0.2) is 9.97 Å². The minimum Gasteiger partial charge on any atom is -0.387 e. The van der Waals surface area contributed by atoms with Crippen LogP contribution in [0, 0.1) is 13.0 Å². The number of aliphatic hydroxyl groups is 2. The molecule has 1 aliphatic rings. The van der Waals surface area contributed by atoms with Gasteiger partial charge in [0.1, 0.15) is 23.8 Å². The van der Waals surface area contributed by atoms with Crippen molar-refractivity contribution in [1.82, 2.24) is 19.5 Å². The summed E-state index contributed by atoms with van der Waals surface area (Å²) in [5, 5.41) is 19.8. The first-order valence-electron chi connectivity index (χ1n) is 6.11. The number of fused-ring (bicyclic) bond motifs is 1. The maximum Gasteiger partial charge on any atom is 0.310 e. The van der Waals surface area contributed by atoms with Gasteiger partial charge in [0, 0.05) is 6.54 Å². The Morgan fingerprint density at radius 1 is 1.40 bits per heavy atom. The molecular formula is C11H14FN5O3. The van der Waals surface area contributed by atoms with E-state index < -0.39 is 30.6 Å². The lowest BCUT2D eigenvalue weighted by molar-refractivity contribution is -0.0322. The number of hydrogen-bond donors (Lipinski definition) is 3. The summed E-state index contributed by atoms with van der Waals surface area (Å²) in [7, 11) is 0. The number of hydrogen-bond acceptors (Lipinski definition) is 7. The van der Waals surface area contributed by atoms with Gasteiger partial charge in [0.2, 0.25) is 0 Å². The number of aromatic nitrogens is 4. The molecule has 2 aromatic rings. The lowest BCUT2D eigenvalue weighted by Gasteiger charge is -2.16. The van der Waals surface area contributed by atoms with E-state index in [4.69, 9.17) is 10.5 Å². The summed E-state index contributed by atoms with van der Waals surface area (Å²) in [5.74, 6) is 0. The maximum absolute atomic E-state index is 13.3. The van der Waals surface area contributed by atoms with Crippen LogP contribution in [0.1, 0.15) is 11.9 Å². The maximum atomic E-state index is 13.3. The molecular weight excluding hydrogens is 269 g/mol. The van der Waals surface area contributed by atoms with Crippen molar-refractivity contribution in [2.75, 3.05) is 6.54 Å². The van der Waals surface area contributed by atoms with Gasteiger partial charge in [0.05, 0.1) is 12.0 Å². The number of ether oxygens (including phenoxy) is 1. The van der Waals surface area contributed by atoms with E-state index in [-0.39, 0.29) is 12.2 Å². The van der Waals surface area contributed by atoms with Crippen molar-refractivity contribution in [1.29, 1.82) is 0 Å². The smallest absolute Gasteiger partial charge is 0.310 e. The van der Waals surface area contributed by atoms with E-state index in [0.717, 1.165) is 0 Å². The van der Waals surface area contributed by atoms with Gasteiger partial charge in [-0.15, -0.1) is 0 Å². The Morgan fingerprint density at radius 2 is 2.15 bits per heavy atom. The molecule has 4 atom stereocenters. The van der Waals surface area contributed by atoms with Crippen molar-refractivity contribution in [3.63, 3.8) is 0 Å². The monoisotopic (exact) mass is 283 g/mol. The van der Waals surface area contributed by atoms with E-state index in [1.54, 1.807) is 6.92 Å². The average molecular weight is 283 g/mol. The average Bonchev–Trinajstić information content (AvgIpc) is 2.93. The third-order valence-electron chi connectivity index (χ3n) is 3.41. The van der Waals surface area contributed by atoms with Crippen LogP contribution < -0.4 is 5.73 Å². The molecule has 4 N–H and O–H groups in total. The van der Waals surface area contributed by atoms with Gasteiger partial charge in [-0.2, -0.15) is 9.37 Å². The molecule has 0 unspecified atom stereocenters. The first-order chi connectivity index (χ1) is 9.52. The molecule has 0 amide bonds. The summed E-state index contributed by atoms with van der Waals surface area (Å²) in [6.45, 7) is 1.66. The van der Waals surface area contributed by atoms with Crippen LogP contribution in [0.3, 0.4) is 0 Å². The highest BCUT2D eigenvalue weighted by molar-refractivity contribution is 5.72. The fourth-order valence-corrected chi connectivity index (χ4v) is 2.36. The molecule has 108 valence electrons. The van der Waals surface area contributed by atoms with Crippen molar-refractivity contribution >= 4 is 11.2 Å².